The summed E-state index contributed by atoms with van der Waals surface area (Å²) in [5.41, 5.74) is 0. The molecule has 1 saturated heterocycles. The Bertz CT molecular complexity index is 263. The Kier molecular flexibility index (Phi) is 7.78. The molecule has 0 radical (unpaired) electrons. The molecule has 0 saturated carbocycles. The van der Waals surface area contributed by atoms with Crippen LogP contribution in [0.3, 0.4) is 0 Å². The summed E-state index contributed by atoms with van der Waals surface area (Å²) in [6.07, 6.45) is 1.17. The molecule has 0 unspecified atom stereocenters. The van der Waals surface area contributed by atoms with Crippen LogP contribution in [-0.4, -0.2) is 69.7 Å². The number of rotatable bonds is 7. The second-order valence-electron chi connectivity index (χ2n) is 4.72. The smallest absolute Gasteiger partial charge is 0.317 e. The van der Waals surface area contributed by atoms with Gasteiger partial charge in [-0.1, -0.05) is 6.92 Å². The number of methoxy groups -OCH3 is 1. The monoisotopic (exact) mass is 274 g/mol. The first-order valence-electron chi connectivity index (χ1n) is 6.92. The van der Waals surface area contributed by atoms with Crippen LogP contribution in [0.2, 0.25) is 0 Å². The number of nitrogens with one attached hydrogen (secondary N) is 1. The molecule has 1 heterocycles. The molecular formula is C13H26N2O4. The van der Waals surface area contributed by atoms with Crippen LogP contribution in [0.4, 0.5) is 4.79 Å². The lowest BCUT2D eigenvalue weighted by atomic mass is 10.2. The van der Waals surface area contributed by atoms with Gasteiger partial charge in [0, 0.05) is 26.7 Å². The first kappa shape index (κ1) is 16.2. The highest BCUT2D eigenvalue weighted by Gasteiger charge is 2.26. The first-order chi connectivity index (χ1) is 9.17. The predicted octanol–water partition coefficient (Wildman–Crippen LogP) is 0.858. The van der Waals surface area contributed by atoms with Crippen LogP contribution < -0.4 is 5.32 Å². The van der Waals surface area contributed by atoms with Gasteiger partial charge < -0.3 is 24.4 Å². The minimum absolute atomic E-state index is 0.0380. The molecule has 0 aromatic carbocycles. The molecule has 0 aromatic heterocycles. The van der Waals surface area contributed by atoms with Gasteiger partial charge in [0.1, 0.15) is 0 Å². The average molecular weight is 274 g/mol. The van der Waals surface area contributed by atoms with E-state index in [1.165, 1.54) is 0 Å². The Morgan fingerprint density at radius 3 is 2.84 bits per heavy atom. The molecule has 1 fully saturated rings. The van der Waals surface area contributed by atoms with E-state index in [-0.39, 0.29) is 18.2 Å². The molecule has 1 aliphatic heterocycles. The van der Waals surface area contributed by atoms with Crippen LogP contribution in [0.15, 0.2) is 0 Å². The summed E-state index contributed by atoms with van der Waals surface area (Å²) in [6.45, 7) is 7.53. The van der Waals surface area contributed by atoms with Gasteiger partial charge in [-0.2, -0.15) is 0 Å². The Labute approximate surface area is 115 Å². The van der Waals surface area contributed by atoms with Crippen molar-refractivity contribution >= 4 is 6.03 Å². The maximum Gasteiger partial charge on any atom is 0.317 e. The molecule has 2 atom stereocenters. The molecule has 6 nitrogen and oxygen atoms in total. The van der Waals surface area contributed by atoms with Gasteiger partial charge in [0.05, 0.1) is 32.0 Å². The summed E-state index contributed by atoms with van der Waals surface area (Å²) in [5.74, 6) is 0. The van der Waals surface area contributed by atoms with Crippen LogP contribution in [0.5, 0.6) is 0 Å². The minimum atomic E-state index is -0.0380. The minimum Gasteiger partial charge on any atom is -0.382 e. The van der Waals surface area contributed by atoms with Crippen LogP contribution in [0, 0.1) is 0 Å². The molecular weight excluding hydrogens is 248 g/mol. The highest BCUT2D eigenvalue weighted by Crippen LogP contribution is 2.13. The van der Waals surface area contributed by atoms with Gasteiger partial charge in [0.2, 0.25) is 0 Å². The molecule has 0 bridgehead atoms. The lowest BCUT2D eigenvalue weighted by molar-refractivity contribution is -0.0647. The van der Waals surface area contributed by atoms with Gasteiger partial charge in [0.15, 0.2) is 0 Å². The van der Waals surface area contributed by atoms with E-state index >= 15 is 0 Å². The summed E-state index contributed by atoms with van der Waals surface area (Å²) in [5, 5.41) is 2.86. The largest absolute Gasteiger partial charge is 0.382 e. The molecule has 0 spiro atoms. The molecule has 112 valence electrons. The second-order valence-corrected chi connectivity index (χ2v) is 4.72. The second kappa shape index (κ2) is 9.12. The highest BCUT2D eigenvalue weighted by molar-refractivity contribution is 5.74. The van der Waals surface area contributed by atoms with Crippen molar-refractivity contribution in [3.63, 3.8) is 0 Å². The zero-order valence-electron chi connectivity index (χ0n) is 12.2. The van der Waals surface area contributed by atoms with E-state index in [1.807, 2.05) is 11.8 Å². The molecule has 19 heavy (non-hydrogen) atoms. The van der Waals surface area contributed by atoms with Crippen LogP contribution in [0.25, 0.3) is 0 Å². The third kappa shape index (κ3) is 6.22. The maximum atomic E-state index is 12.0. The maximum absolute atomic E-state index is 12.0. The van der Waals surface area contributed by atoms with Crippen molar-refractivity contribution in [2.75, 3.05) is 46.6 Å². The first-order valence-corrected chi connectivity index (χ1v) is 6.92. The van der Waals surface area contributed by atoms with Crippen molar-refractivity contribution in [3.05, 3.63) is 0 Å². The fourth-order valence-corrected chi connectivity index (χ4v) is 2.02. The van der Waals surface area contributed by atoms with E-state index in [4.69, 9.17) is 14.2 Å². The summed E-state index contributed by atoms with van der Waals surface area (Å²) < 4.78 is 15.9. The lowest BCUT2D eigenvalue weighted by Gasteiger charge is -2.36. The number of amides is 2. The zero-order valence-corrected chi connectivity index (χ0v) is 12.2. The molecule has 1 rings (SSSR count). The van der Waals surface area contributed by atoms with Gasteiger partial charge in [-0.15, -0.1) is 0 Å². The number of carbonyl (C=O) groups excluding carboxylic acids is 1. The van der Waals surface area contributed by atoms with E-state index in [1.54, 1.807) is 7.11 Å². The van der Waals surface area contributed by atoms with Crippen LogP contribution in [-0.2, 0) is 14.2 Å². The standard InChI is InChI=1S/C13H26N2O4/c1-4-12-10-15(9-11(2)19-12)13(16)14-5-6-18-8-7-17-3/h11-12H,4-10H2,1-3H3,(H,14,16)/t11-,12-/m0/s1. The zero-order chi connectivity index (χ0) is 14.1. The van der Waals surface area contributed by atoms with Gasteiger partial charge in [0.25, 0.3) is 0 Å². The third-order valence-electron chi connectivity index (χ3n) is 3.02. The van der Waals surface area contributed by atoms with E-state index in [2.05, 4.69) is 12.2 Å². The predicted molar refractivity (Wildman–Crippen MR) is 72.3 cm³/mol. The SMILES string of the molecule is CC[C@H]1CN(C(=O)NCCOCCOC)C[C@H](C)O1. The summed E-state index contributed by atoms with van der Waals surface area (Å²) >= 11 is 0. The molecule has 1 aliphatic rings. The Balaban J connectivity index is 2.17. The quantitative estimate of drug-likeness (QED) is 0.700. The molecule has 2 amide bonds. The van der Waals surface area contributed by atoms with Crippen LogP contribution >= 0.6 is 0 Å². The Morgan fingerprint density at radius 2 is 2.16 bits per heavy atom. The van der Waals surface area contributed by atoms with E-state index < -0.39 is 0 Å². The number of nitrogens with zero attached hydrogens (tertiary/aromatic N) is 1. The van der Waals surface area contributed by atoms with Gasteiger partial charge >= 0.3 is 6.03 Å². The Hall–Kier alpha value is -0.850. The van der Waals surface area contributed by atoms with E-state index in [9.17, 15) is 4.79 Å². The molecule has 0 aliphatic carbocycles. The summed E-state index contributed by atoms with van der Waals surface area (Å²) in [4.78, 5) is 13.8. The number of ether oxygens (including phenoxy) is 3. The van der Waals surface area contributed by atoms with Gasteiger partial charge in [-0.25, -0.2) is 4.79 Å². The Morgan fingerprint density at radius 1 is 1.37 bits per heavy atom. The molecule has 6 heteroatoms. The van der Waals surface area contributed by atoms with Crippen molar-refractivity contribution in [3.8, 4) is 0 Å². The van der Waals surface area contributed by atoms with E-state index in [0.717, 1.165) is 6.42 Å². The summed E-state index contributed by atoms with van der Waals surface area (Å²) in [7, 11) is 1.63. The topological polar surface area (TPSA) is 60.0 Å². The van der Waals surface area contributed by atoms with Crippen molar-refractivity contribution < 1.29 is 19.0 Å². The number of urea groups is 1. The number of morpholine rings is 1. The molecule has 0 aromatic rings. The van der Waals surface area contributed by atoms with Crippen molar-refractivity contribution in [1.29, 1.82) is 0 Å². The molecule has 1 N–H and O–H groups in total. The number of hydrogen-bond donors (Lipinski definition) is 1. The summed E-state index contributed by atoms with van der Waals surface area (Å²) in [6, 6.07) is -0.0380. The van der Waals surface area contributed by atoms with E-state index in [0.29, 0.717) is 39.5 Å². The number of hydrogen-bond acceptors (Lipinski definition) is 4. The van der Waals surface area contributed by atoms with Crippen molar-refractivity contribution in [1.82, 2.24) is 10.2 Å². The normalized spacial score (nSPS) is 23.4. The van der Waals surface area contributed by atoms with Crippen molar-refractivity contribution in [2.45, 2.75) is 32.5 Å². The fraction of sp³-hybridized carbons (Fsp3) is 0.923. The fourth-order valence-electron chi connectivity index (χ4n) is 2.02. The van der Waals surface area contributed by atoms with Gasteiger partial charge in [-0.05, 0) is 13.3 Å². The highest BCUT2D eigenvalue weighted by atomic mass is 16.5. The number of carbonyl (C=O) groups is 1. The average Bonchev–Trinajstić information content (AvgIpc) is 2.41. The third-order valence-corrected chi connectivity index (χ3v) is 3.02. The van der Waals surface area contributed by atoms with Crippen LogP contribution in [0.1, 0.15) is 20.3 Å². The van der Waals surface area contributed by atoms with Crippen molar-refractivity contribution in [2.24, 2.45) is 0 Å². The lowest BCUT2D eigenvalue weighted by Crippen LogP contribution is -2.52. The van der Waals surface area contributed by atoms with Gasteiger partial charge in [-0.3, -0.25) is 0 Å².